The van der Waals surface area contributed by atoms with Gasteiger partial charge in [-0.25, -0.2) is 0 Å². The molecule has 21 heavy (non-hydrogen) atoms. The van der Waals surface area contributed by atoms with Crippen LogP contribution in [0.15, 0.2) is 18.2 Å². The molecule has 1 saturated carbocycles. The maximum absolute atomic E-state index is 12.2. The molecule has 0 spiro atoms. The second kappa shape index (κ2) is 6.61. The first-order valence-corrected chi connectivity index (χ1v) is 7.30. The quantitative estimate of drug-likeness (QED) is 0.843. The van der Waals surface area contributed by atoms with E-state index in [0.717, 1.165) is 12.0 Å². The van der Waals surface area contributed by atoms with Crippen LogP contribution >= 0.6 is 0 Å². The Morgan fingerprint density at radius 3 is 2.67 bits per heavy atom. The molecule has 2 atom stereocenters. The zero-order chi connectivity index (χ0) is 15.4. The zero-order valence-corrected chi connectivity index (χ0v) is 12.7. The summed E-state index contributed by atoms with van der Waals surface area (Å²) in [7, 11) is 1.57. The highest BCUT2D eigenvalue weighted by molar-refractivity contribution is 6.00. The Bertz CT molecular complexity index is 542. The Balaban J connectivity index is 1.94. The van der Waals surface area contributed by atoms with E-state index in [1.165, 1.54) is 0 Å². The van der Waals surface area contributed by atoms with Crippen molar-refractivity contribution in [2.24, 2.45) is 11.8 Å². The first kappa shape index (κ1) is 15.4. The summed E-state index contributed by atoms with van der Waals surface area (Å²) in [6, 6.07) is 5.61. The fourth-order valence-corrected chi connectivity index (χ4v) is 2.30. The predicted octanol–water partition coefficient (Wildman–Crippen LogP) is 2.10. The normalized spacial score (nSPS) is 19.8. The molecular weight excluding hydrogens is 268 g/mol. The largest absolute Gasteiger partial charge is 0.495 e. The number of methoxy groups -OCH3 is 1. The van der Waals surface area contributed by atoms with Crippen LogP contribution in [-0.4, -0.2) is 25.5 Å². The van der Waals surface area contributed by atoms with Gasteiger partial charge in [-0.2, -0.15) is 0 Å². The van der Waals surface area contributed by atoms with Crippen LogP contribution in [0.1, 0.15) is 25.3 Å². The van der Waals surface area contributed by atoms with Gasteiger partial charge >= 0.3 is 0 Å². The molecule has 1 aliphatic rings. The number of amides is 2. The first-order chi connectivity index (χ1) is 10.1. The molecule has 2 rings (SSSR count). The molecule has 5 heteroatoms. The summed E-state index contributed by atoms with van der Waals surface area (Å²) < 4.78 is 5.23. The molecule has 1 aromatic carbocycles. The topological polar surface area (TPSA) is 67.4 Å². The molecular formula is C16H22N2O3. The number of aryl methyl sites for hydroxylation is 1. The van der Waals surface area contributed by atoms with Crippen molar-refractivity contribution in [1.82, 2.24) is 5.32 Å². The van der Waals surface area contributed by atoms with Gasteiger partial charge in [0, 0.05) is 6.54 Å². The van der Waals surface area contributed by atoms with E-state index in [9.17, 15) is 9.59 Å². The third-order valence-electron chi connectivity index (χ3n) is 3.63. The molecule has 2 unspecified atom stereocenters. The molecule has 0 bridgehead atoms. The van der Waals surface area contributed by atoms with E-state index >= 15 is 0 Å². The van der Waals surface area contributed by atoms with Crippen molar-refractivity contribution in [2.45, 2.75) is 26.7 Å². The van der Waals surface area contributed by atoms with Crippen molar-refractivity contribution in [2.75, 3.05) is 19.0 Å². The monoisotopic (exact) mass is 290 g/mol. The molecule has 1 aliphatic carbocycles. The number of hydrogen-bond donors (Lipinski definition) is 2. The summed E-state index contributed by atoms with van der Waals surface area (Å²) in [5.41, 5.74) is 1.70. The summed E-state index contributed by atoms with van der Waals surface area (Å²) in [5.74, 6) is 0.0739. The summed E-state index contributed by atoms with van der Waals surface area (Å²) in [6.45, 7) is 4.62. The minimum absolute atomic E-state index is 0.0202. The highest BCUT2D eigenvalue weighted by atomic mass is 16.5. The van der Waals surface area contributed by atoms with E-state index in [1.54, 1.807) is 7.11 Å². The predicted molar refractivity (Wildman–Crippen MR) is 81.3 cm³/mol. The van der Waals surface area contributed by atoms with Crippen molar-refractivity contribution < 1.29 is 14.3 Å². The summed E-state index contributed by atoms with van der Waals surface area (Å²) in [4.78, 5) is 24.0. The lowest BCUT2D eigenvalue weighted by molar-refractivity contribution is -0.125. The average Bonchev–Trinajstić information content (AvgIpc) is 3.25. The smallest absolute Gasteiger partial charge is 0.228 e. The molecule has 1 aromatic rings. The van der Waals surface area contributed by atoms with E-state index in [-0.39, 0.29) is 23.7 Å². The fourth-order valence-electron chi connectivity index (χ4n) is 2.30. The van der Waals surface area contributed by atoms with E-state index in [0.29, 0.717) is 24.4 Å². The van der Waals surface area contributed by atoms with Crippen LogP contribution in [0.2, 0.25) is 0 Å². The second-order valence-corrected chi connectivity index (χ2v) is 5.43. The highest BCUT2D eigenvalue weighted by Crippen LogP contribution is 2.40. The summed E-state index contributed by atoms with van der Waals surface area (Å²) >= 11 is 0. The molecule has 0 aromatic heterocycles. The molecule has 114 valence electrons. The lowest BCUT2D eigenvalue weighted by Gasteiger charge is -2.11. The van der Waals surface area contributed by atoms with Gasteiger partial charge in [0.15, 0.2) is 0 Å². The molecule has 5 nitrogen and oxygen atoms in total. The van der Waals surface area contributed by atoms with Crippen molar-refractivity contribution in [3.63, 3.8) is 0 Å². The molecule has 0 aliphatic heterocycles. The van der Waals surface area contributed by atoms with Crippen LogP contribution in [0.5, 0.6) is 5.75 Å². The Hall–Kier alpha value is -2.04. The van der Waals surface area contributed by atoms with Gasteiger partial charge in [-0.15, -0.1) is 0 Å². The SMILES string of the molecule is CCCNC(=O)C1CC1C(=O)Nc1cc(C)ccc1OC. The first-order valence-electron chi connectivity index (χ1n) is 7.30. The number of ether oxygens (including phenoxy) is 1. The molecule has 0 saturated heterocycles. The molecule has 2 amide bonds. The van der Waals surface area contributed by atoms with Gasteiger partial charge in [-0.05, 0) is 37.5 Å². The Labute approximate surface area is 125 Å². The Morgan fingerprint density at radius 2 is 2.00 bits per heavy atom. The van der Waals surface area contributed by atoms with E-state index in [1.807, 2.05) is 32.0 Å². The number of benzene rings is 1. The number of nitrogens with one attached hydrogen (secondary N) is 2. The average molecular weight is 290 g/mol. The van der Waals surface area contributed by atoms with Crippen LogP contribution in [-0.2, 0) is 9.59 Å². The van der Waals surface area contributed by atoms with E-state index in [4.69, 9.17) is 4.74 Å². The van der Waals surface area contributed by atoms with E-state index < -0.39 is 0 Å². The van der Waals surface area contributed by atoms with Gasteiger partial charge in [-0.1, -0.05) is 13.0 Å². The molecule has 0 heterocycles. The third kappa shape index (κ3) is 3.74. The van der Waals surface area contributed by atoms with Gasteiger partial charge in [-0.3, -0.25) is 9.59 Å². The van der Waals surface area contributed by atoms with Gasteiger partial charge in [0.05, 0.1) is 24.6 Å². The lowest BCUT2D eigenvalue weighted by atomic mass is 10.2. The van der Waals surface area contributed by atoms with Crippen molar-refractivity contribution in [3.05, 3.63) is 23.8 Å². The molecule has 1 fully saturated rings. The van der Waals surface area contributed by atoms with Crippen molar-refractivity contribution in [1.29, 1.82) is 0 Å². The number of carbonyl (C=O) groups is 2. The maximum atomic E-state index is 12.2. The van der Waals surface area contributed by atoms with Gasteiger partial charge in [0.1, 0.15) is 5.75 Å². The second-order valence-electron chi connectivity index (χ2n) is 5.43. The van der Waals surface area contributed by atoms with Crippen molar-refractivity contribution in [3.8, 4) is 5.75 Å². The van der Waals surface area contributed by atoms with Crippen LogP contribution in [0, 0.1) is 18.8 Å². The maximum Gasteiger partial charge on any atom is 0.228 e. The standard InChI is InChI=1S/C16H22N2O3/c1-4-7-17-15(19)11-9-12(11)16(20)18-13-8-10(2)5-6-14(13)21-3/h5-6,8,11-12H,4,7,9H2,1-3H3,(H,17,19)(H,18,20). The van der Waals surface area contributed by atoms with Crippen LogP contribution < -0.4 is 15.4 Å². The van der Waals surface area contributed by atoms with Crippen molar-refractivity contribution >= 4 is 17.5 Å². The number of anilines is 1. The van der Waals surface area contributed by atoms with Gasteiger partial charge < -0.3 is 15.4 Å². The fraction of sp³-hybridized carbons (Fsp3) is 0.500. The minimum atomic E-state index is -0.230. The number of carbonyl (C=O) groups excluding carboxylic acids is 2. The van der Waals surface area contributed by atoms with Crippen LogP contribution in [0.4, 0.5) is 5.69 Å². The molecule has 0 radical (unpaired) electrons. The van der Waals surface area contributed by atoms with Crippen LogP contribution in [0.3, 0.4) is 0 Å². The van der Waals surface area contributed by atoms with Crippen LogP contribution in [0.25, 0.3) is 0 Å². The number of rotatable bonds is 6. The Kier molecular flexibility index (Phi) is 4.83. The summed E-state index contributed by atoms with van der Waals surface area (Å²) in [6.07, 6.45) is 1.52. The minimum Gasteiger partial charge on any atom is -0.495 e. The lowest BCUT2D eigenvalue weighted by Crippen LogP contribution is -2.28. The van der Waals surface area contributed by atoms with E-state index in [2.05, 4.69) is 10.6 Å². The number of hydrogen-bond acceptors (Lipinski definition) is 3. The van der Waals surface area contributed by atoms with Gasteiger partial charge in [0.25, 0.3) is 0 Å². The Morgan fingerprint density at radius 1 is 1.29 bits per heavy atom. The van der Waals surface area contributed by atoms with Gasteiger partial charge in [0.2, 0.25) is 11.8 Å². The molecule has 2 N–H and O–H groups in total. The summed E-state index contributed by atoms with van der Waals surface area (Å²) in [5, 5.41) is 5.69. The highest BCUT2D eigenvalue weighted by Gasteiger charge is 2.47. The zero-order valence-electron chi connectivity index (χ0n) is 12.7. The third-order valence-corrected chi connectivity index (χ3v) is 3.63.